The smallest absolute Gasteiger partial charge is 0.119 e. The predicted molar refractivity (Wildman–Crippen MR) is 71.7 cm³/mol. The maximum absolute atomic E-state index is 9.89. The zero-order valence-electron chi connectivity index (χ0n) is 11.4. The molecule has 0 bridgehead atoms. The normalized spacial score (nSPS) is 13.3. The molecule has 0 amide bonds. The summed E-state index contributed by atoms with van der Waals surface area (Å²) in [5, 5.41) is 13.2. The fourth-order valence-electron chi connectivity index (χ4n) is 1.46. The standard InChI is InChI=1S/C14H23NO2/c1-6-17-12-7-8-13(10(2)9-12)15-11(3)14(4,5)16/h7-9,11,15-16H,6H2,1-5H3. The predicted octanol–water partition coefficient (Wildman–Crippen LogP) is 2.97. The molecule has 0 aromatic heterocycles. The molecule has 1 rings (SSSR count). The molecule has 1 aromatic rings. The van der Waals surface area contributed by atoms with E-state index in [9.17, 15) is 5.11 Å². The summed E-state index contributed by atoms with van der Waals surface area (Å²) < 4.78 is 5.44. The molecular weight excluding hydrogens is 214 g/mol. The molecular formula is C14H23NO2. The first-order valence-electron chi connectivity index (χ1n) is 6.07. The average molecular weight is 237 g/mol. The third kappa shape index (κ3) is 3.93. The monoisotopic (exact) mass is 237 g/mol. The Balaban J connectivity index is 2.79. The van der Waals surface area contributed by atoms with Gasteiger partial charge in [0.25, 0.3) is 0 Å². The minimum atomic E-state index is -0.745. The van der Waals surface area contributed by atoms with Crippen molar-refractivity contribution in [3.63, 3.8) is 0 Å². The van der Waals surface area contributed by atoms with Crippen molar-refractivity contribution < 1.29 is 9.84 Å². The van der Waals surface area contributed by atoms with E-state index in [1.54, 1.807) is 13.8 Å². The van der Waals surface area contributed by atoms with Crippen LogP contribution in [0.5, 0.6) is 5.75 Å². The SMILES string of the molecule is CCOc1ccc(NC(C)C(C)(C)O)c(C)c1. The van der Waals surface area contributed by atoms with Gasteiger partial charge in [-0.3, -0.25) is 0 Å². The van der Waals surface area contributed by atoms with Gasteiger partial charge in [-0.05, 0) is 58.4 Å². The van der Waals surface area contributed by atoms with E-state index < -0.39 is 5.60 Å². The molecule has 2 N–H and O–H groups in total. The third-order valence-corrected chi connectivity index (χ3v) is 2.94. The first-order valence-corrected chi connectivity index (χ1v) is 6.07. The van der Waals surface area contributed by atoms with Crippen molar-refractivity contribution in [3.05, 3.63) is 23.8 Å². The molecule has 0 radical (unpaired) electrons. The van der Waals surface area contributed by atoms with Crippen LogP contribution in [0.1, 0.15) is 33.3 Å². The molecule has 0 fully saturated rings. The second-order valence-electron chi connectivity index (χ2n) is 4.93. The number of benzene rings is 1. The Labute approximate surface area is 104 Å². The van der Waals surface area contributed by atoms with Gasteiger partial charge in [-0.2, -0.15) is 0 Å². The fourth-order valence-corrected chi connectivity index (χ4v) is 1.46. The van der Waals surface area contributed by atoms with Crippen LogP contribution in [0.15, 0.2) is 18.2 Å². The summed E-state index contributed by atoms with van der Waals surface area (Å²) in [6.45, 7) is 10.2. The number of rotatable bonds is 5. The van der Waals surface area contributed by atoms with Gasteiger partial charge in [0.1, 0.15) is 5.75 Å². The average Bonchev–Trinajstić information content (AvgIpc) is 2.21. The van der Waals surface area contributed by atoms with Crippen LogP contribution in [-0.2, 0) is 0 Å². The van der Waals surface area contributed by atoms with Gasteiger partial charge in [0.05, 0.1) is 18.2 Å². The highest BCUT2D eigenvalue weighted by atomic mass is 16.5. The number of hydrogen-bond donors (Lipinski definition) is 2. The Morgan fingerprint density at radius 1 is 1.41 bits per heavy atom. The van der Waals surface area contributed by atoms with E-state index in [2.05, 4.69) is 5.32 Å². The molecule has 0 spiro atoms. The van der Waals surface area contributed by atoms with Crippen LogP contribution >= 0.6 is 0 Å². The Kier molecular flexibility index (Phi) is 4.40. The Morgan fingerprint density at radius 2 is 2.06 bits per heavy atom. The lowest BCUT2D eigenvalue weighted by Crippen LogP contribution is -2.39. The van der Waals surface area contributed by atoms with Gasteiger partial charge in [-0.1, -0.05) is 0 Å². The van der Waals surface area contributed by atoms with E-state index in [0.717, 1.165) is 17.0 Å². The van der Waals surface area contributed by atoms with Crippen molar-refractivity contribution in [3.8, 4) is 5.75 Å². The van der Waals surface area contributed by atoms with Crippen molar-refractivity contribution in [1.82, 2.24) is 0 Å². The molecule has 17 heavy (non-hydrogen) atoms. The molecule has 1 unspecified atom stereocenters. The van der Waals surface area contributed by atoms with Crippen LogP contribution in [0, 0.1) is 6.92 Å². The first kappa shape index (κ1) is 13.8. The lowest BCUT2D eigenvalue weighted by atomic mass is 10.00. The molecule has 0 aliphatic carbocycles. The molecule has 0 saturated carbocycles. The minimum absolute atomic E-state index is 0.0147. The molecule has 0 saturated heterocycles. The Hall–Kier alpha value is -1.22. The van der Waals surface area contributed by atoms with Gasteiger partial charge in [0, 0.05) is 5.69 Å². The highest BCUT2D eigenvalue weighted by Gasteiger charge is 2.22. The highest BCUT2D eigenvalue weighted by molar-refractivity contribution is 5.54. The zero-order chi connectivity index (χ0) is 13.1. The van der Waals surface area contributed by atoms with E-state index in [4.69, 9.17) is 4.74 Å². The first-order chi connectivity index (χ1) is 7.84. The molecule has 0 heterocycles. The van der Waals surface area contributed by atoms with Crippen LogP contribution < -0.4 is 10.1 Å². The summed E-state index contributed by atoms with van der Waals surface area (Å²) in [5.41, 5.74) is 1.40. The van der Waals surface area contributed by atoms with Gasteiger partial charge in [-0.25, -0.2) is 0 Å². The van der Waals surface area contributed by atoms with Gasteiger partial charge in [0.15, 0.2) is 0 Å². The van der Waals surface area contributed by atoms with Crippen LogP contribution in [0.3, 0.4) is 0 Å². The van der Waals surface area contributed by atoms with E-state index in [0.29, 0.717) is 6.61 Å². The second-order valence-corrected chi connectivity index (χ2v) is 4.93. The number of nitrogens with one attached hydrogen (secondary N) is 1. The molecule has 1 atom stereocenters. The number of ether oxygens (including phenoxy) is 1. The van der Waals surface area contributed by atoms with Crippen LogP contribution in [0.4, 0.5) is 5.69 Å². The van der Waals surface area contributed by atoms with Gasteiger partial charge >= 0.3 is 0 Å². The summed E-state index contributed by atoms with van der Waals surface area (Å²) in [6.07, 6.45) is 0. The fraction of sp³-hybridized carbons (Fsp3) is 0.571. The largest absolute Gasteiger partial charge is 0.494 e. The lowest BCUT2D eigenvalue weighted by Gasteiger charge is -2.28. The topological polar surface area (TPSA) is 41.5 Å². The lowest BCUT2D eigenvalue weighted by molar-refractivity contribution is 0.0649. The molecule has 3 nitrogen and oxygen atoms in total. The van der Waals surface area contributed by atoms with E-state index in [-0.39, 0.29) is 6.04 Å². The molecule has 96 valence electrons. The van der Waals surface area contributed by atoms with Crippen molar-refractivity contribution in [1.29, 1.82) is 0 Å². The number of anilines is 1. The summed E-state index contributed by atoms with van der Waals surface area (Å²) in [4.78, 5) is 0. The van der Waals surface area contributed by atoms with Crippen molar-refractivity contribution >= 4 is 5.69 Å². The maximum atomic E-state index is 9.89. The number of aliphatic hydroxyl groups is 1. The quantitative estimate of drug-likeness (QED) is 0.827. The summed E-state index contributed by atoms with van der Waals surface area (Å²) in [7, 11) is 0. The van der Waals surface area contributed by atoms with Crippen molar-refractivity contribution in [2.24, 2.45) is 0 Å². The van der Waals surface area contributed by atoms with Gasteiger partial charge in [0.2, 0.25) is 0 Å². The Morgan fingerprint density at radius 3 is 2.53 bits per heavy atom. The van der Waals surface area contributed by atoms with Gasteiger partial charge < -0.3 is 15.2 Å². The molecule has 0 aliphatic rings. The van der Waals surface area contributed by atoms with E-state index in [1.165, 1.54) is 0 Å². The molecule has 3 heteroatoms. The van der Waals surface area contributed by atoms with E-state index in [1.807, 2.05) is 39.0 Å². The van der Waals surface area contributed by atoms with Crippen molar-refractivity contribution in [2.75, 3.05) is 11.9 Å². The van der Waals surface area contributed by atoms with Crippen LogP contribution in [0.25, 0.3) is 0 Å². The summed E-state index contributed by atoms with van der Waals surface area (Å²) >= 11 is 0. The maximum Gasteiger partial charge on any atom is 0.119 e. The molecule has 0 aliphatic heterocycles. The van der Waals surface area contributed by atoms with E-state index >= 15 is 0 Å². The summed E-state index contributed by atoms with van der Waals surface area (Å²) in [5.74, 6) is 0.881. The number of hydrogen-bond acceptors (Lipinski definition) is 3. The van der Waals surface area contributed by atoms with Crippen molar-refractivity contribution in [2.45, 2.75) is 46.3 Å². The van der Waals surface area contributed by atoms with Gasteiger partial charge in [-0.15, -0.1) is 0 Å². The zero-order valence-corrected chi connectivity index (χ0v) is 11.4. The second kappa shape index (κ2) is 5.41. The Bertz CT molecular complexity index is 369. The van der Waals surface area contributed by atoms with Crippen LogP contribution in [0.2, 0.25) is 0 Å². The number of aryl methyl sites for hydroxylation is 1. The van der Waals surface area contributed by atoms with Crippen LogP contribution in [-0.4, -0.2) is 23.4 Å². The third-order valence-electron chi connectivity index (χ3n) is 2.94. The minimum Gasteiger partial charge on any atom is -0.494 e. The highest BCUT2D eigenvalue weighted by Crippen LogP contribution is 2.23. The molecule has 1 aromatic carbocycles. The summed E-state index contributed by atoms with van der Waals surface area (Å²) in [6, 6.07) is 5.92.